The molecule has 0 saturated carbocycles. The molecule has 0 bridgehead atoms. The number of hydrogen-bond acceptors (Lipinski definition) is 3. The van der Waals surface area contributed by atoms with Gasteiger partial charge in [0.2, 0.25) is 0 Å². The van der Waals surface area contributed by atoms with Crippen LogP contribution in [0.2, 0.25) is 0 Å². The lowest BCUT2D eigenvalue weighted by Crippen LogP contribution is -2.47. The van der Waals surface area contributed by atoms with Crippen molar-refractivity contribution < 1.29 is 18.1 Å². The lowest BCUT2D eigenvalue weighted by molar-refractivity contribution is 0.0343. The van der Waals surface area contributed by atoms with Crippen molar-refractivity contribution in [3.63, 3.8) is 0 Å². The van der Waals surface area contributed by atoms with E-state index >= 15 is 0 Å². The summed E-state index contributed by atoms with van der Waals surface area (Å²) in [5.74, 6) is -1.02. The number of benzene rings is 1. The van der Waals surface area contributed by atoms with Crippen LogP contribution in [-0.4, -0.2) is 25.3 Å². The van der Waals surface area contributed by atoms with E-state index < -0.39 is 18.8 Å². The molecule has 6 heteroatoms. The molecule has 22 heavy (non-hydrogen) atoms. The van der Waals surface area contributed by atoms with Crippen molar-refractivity contribution in [2.75, 3.05) is 13.2 Å². The molecule has 0 atom stereocenters. The maximum absolute atomic E-state index is 14.0. The topological polar surface area (TPSA) is 31.4 Å². The quantitative estimate of drug-likeness (QED) is 0.800. The third-order valence-electron chi connectivity index (χ3n) is 3.57. The minimum Gasteiger partial charge on any atom is -0.407 e. The average Bonchev–Trinajstić information content (AvgIpc) is 2.49. The molecule has 0 amide bonds. The molecule has 2 aromatic rings. The first kappa shape index (κ1) is 15.1. The highest BCUT2D eigenvalue weighted by Gasteiger charge is 2.33. The Morgan fingerprint density at radius 3 is 2.41 bits per heavy atom. The summed E-state index contributed by atoms with van der Waals surface area (Å²) < 4.78 is 39.3. The summed E-state index contributed by atoms with van der Waals surface area (Å²) in [7, 11) is -0.563. The maximum Gasteiger partial charge on any atom is 0.493 e. The lowest BCUT2D eigenvalue weighted by Gasteiger charge is -2.33. The van der Waals surface area contributed by atoms with E-state index in [2.05, 4.69) is 4.98 Å². The third kappa shape index (κ3) is 3.03. The fourth-order valence-corrected chi connectivity index (χ4v) is 2.36. The summed E-state index contributed by atoms with van der Waals surface area (Å²) in [4.78, 5) is 3.86. The van der Waals surface area contributed by atoms with Crippen LogP contribution in [0.3, 0.4) is 0 Å². The van der Waals surface area contributed by atoms with Crippen LogP contribution in [0.4, 0.5) is 8.78 Å². The summed E-state index contributed by atoms with van der Waals surface area (Å²) in [5, 5.41) is 0. The van der Waals surface area contributed by atoms with E-state index in [1.807, 2.05) is 13.8 Å². The maximum atomic E-state index is 14.0. The smallest absolute Gasteiger partial charge is 0.407 e. The first-order valence-electron chi connectivity index (χ1n) is 7.09. The van der Waals surface area contributed by atoms with Gasteiger partial charge < -0.3 is 9.31 Å². The first-order valence-corrected chi connectivity index (χ1v) is 7.09. The van der Waals surface area contributed by atoms with Crippen molar-refractivity contribution in [2.45, 2.75) is 13.8 Å². The van der Waals surface area contributed by atoms with E-state index in [1.54, 1.807) is 12.1 Å². The molecule has 3 nitrogen and oxygen atoms in total. The Morgan fingerprint density at radius 1 is 1.05 bits per heavy atom. The number of nitrogens with zero attached hydrogens (tertiary/aromatic N) is 1. The monoisotopic (exact) mass is 303 g/mol. The summed E-state index contributed by atoms with van der Waals surface area (Å²) in [6, 6.07) is 5.65. The van der Waals surface area contributed by atoms with Crippen molar-refractivity contribution in [2.24, 2.45) is 5.41 Å². The molecule has 0 N–H and O–H groups in total. The summed E-state index contributed by atoms with van der Waals surface area (Å²) in [5.41, 5.74) is 0.891. The van der Waals surface area contributed by atoms with Gasteiger partial charge in [0.15, 0.2) is 0 Å². The van der Waals surface area contributed by atoms with Gasteiger partial charge in [-0.25, -0.2) is 8.78 Å². The number of aromatic nitrogens is 1. The van der Waals surface area contributed by atoms with Crippen LogP contribution in [0.1, 0.15) is 13.8 Å². The molecule has 1 fully saturated rings. The molecule has 2 heterocycles. The van der Waals surface area contributed by atoms with Gasteiger partial charge in [-0.05, 0) is 17.6 Å². The Bertz CT molecular complexity index is 684. The highest BCUT2D eigenvalue weighted by molar-refractivity contribution is 6.61. The Hall–Kier alpha value is -1.79. The molecule has 1 aromatic carbocycles. The predicted octanol–water partition coefficient (Wildman–Crippen LogP) is 2.80. The summed E-state index contributed by atoms with van der Waals surface area (Å²) in [6.45, 7) is 5.19. The van der Waals surface area contributed by atoms with Gasteiger partial charge in [-0.2, -0.15) is 0 Å². The Morgan fingerprint density at radius 2 is 1.73 bits per heavy atom. The average molecular weight is 303 g/mol. The second-order valence-corrected chi connectivity index (χ2v) is 6.21. The van der Waals surface area contributed by atoms with E-state index in [0.29, 0.717) is 18.7 Å². The Kier molecular flexibility index (Phi) is 3.97. The van der Waals surface area contributed by atoms with Crippen molar-refractivity contribution >= 4 is 12.6 Å². The number of rotatable bonds is 2. The van der Waals surface area contributed by atoms with E-state index in [4.69, 9.17) is 9.31 Å². The van der Waals surface area contributed by atoms with E-state index in [9.17, 15) is 8.78 Å². The highest BCUT2D eigenvalue weighted by Crippen LogP contribution is 2.25. The molecule has 1 aromatic heterocycles. The van der Waals surface area contributed by atoms with Crippen molar-refractivity contribution in [3.8, 4) is 11.1 Å². The van der Waals surface area contributed by atoms with Gasteiger partial charge in [-0.1, -0.05) is 26.0 Å². The molecular weight excluding hydrogens is 287 g/mol. The minimum atomic E-state index is -0.563. The molecule has 1 aliphatic rings. The molecule has 114 valence electrons. The standard InChI is InChI=1S/C16H16BF2NO2/c1-16(2)9-21-17(22-10-16)11-3-4-14(18)12(7-11)13-8-20-6-5-15(13)19/h3-8H,9-10H2,1-2H3. The fraction of sp³-hybridized carbons (Fsp3) is 0.312. The molecule has 0 aliphatic carbocycles. The molecule has 0 spiro atoms. The minimum absolute atomic E-state index is 0.0468. The SMILES string of the molecule is CC1(C)COB(c2ccc(F)c(-c3cnccc3F)c2)OC1. The van der Waals surface area contributed by atoms with Crippen molar-refractivity contribution in [3.05, 3.63) is 48.3 Å². The zero-order chi connectivity index (χ0) is 15.7. The van der Waals surface area contributed by atoms with E-state index in [1.165, 1.54) is 24.5 Å². The van der Waals surface area contributed by atoms with Gasteiger partial charge in [0, 0.05) is 42.1 Å². The van der Waals surface area contributed by atoms with Crippen LogP contribution in [0.25, 0.3) is 11.1 Å². The van der Waals surface area contributed by atoms with Gasteiger partial charge >= 0.3 is 7.12 Å². The second-order valence-electron chi connectivity index (χ2n) is 6.21. The lowest BCUT2D eigenvalue weighted by atomic mass is 9.75. The van der Waals surface area contributed by atoms with Crippen LogP contribution in [-0.2, 0) is 9.31 Å². The molecule has 0 unspecified atom stereocenters. The van der Waals surface area contributed by atoms with Crippen molar-refractivity contribution in [1.82, 2.24) is 4.98 Å². The van der Waals surface area contributed by atoms with Crippen LogP contribution in [0, 0.1) is 17.0 Å². The van der Waals surface area contributed by atoms with Crippen LogP contribution in [0.5, 0.6) is 0 Å². The fourth-order valence-electron chi connectivity index (χ4n) is 2.36. The van der Waals surface area contributed by atoms with Crippen molar-refractivity contribution in [1.29, 1.82) is 0 Å². The Balaban J connectivity index is 1.93. The Labute approximate surface area is 128 Å². The van der Waals surface area contributed by atoms with Crippen LogP contribution in [0.15, 0.2) is 36.7 Å². The van der Waals surface area contributed by atoms with E-state index in [0.717, 1.165) is 0 Å². The zero-order valence-corrected chi connectivity index (χ0v) is 12.5. The summed E-state index contributed by atoms with van der Waals surface area (Å²) in [6.07, 6.45) is 2.64. The predicted molar refractivity (Wildman–Crippen MR) is 80.7 cm³/mol. The molecule has 0 radical (unpaired) electrons. The molecule has 1 saturated heterocycles. The van der Waals surface area contributed by atoms with Gasteiger partial charge in [0.25, 0.3) is 0 Å². The zero-order valence-electron chi connectivity index (χ0n) is 12.5. The van der Waals surface area contributed by atoms with Gasteiger partial charge in [-0.3, -0.25) is 4.98 Å². The van der Waals surface area contributed by atoms with Crippen LogP contribution < -0.4 is 5.46 Å². The number of hydrogen-bond donors (Lipinski definition) is 0. The highest BCUT2D eigenvalue weighted by atomic mass is 19.1. The van der Waals surface area contributed by atoms with Gasteiger partial charge in [0.05, 0.1) is 0 Å². The van der Waals surface area contributed by atoms with Crippen LogP contribution >= 0.6 is 0 Å². The molecule has 1 aliphatic heterocycles. The first-order chi connectivity index (χ1) is 10.5. The second kappa shape index (κ2) is 5.78. The summed E-state index contributed by atoms with van der Waals surface area (Å²) >= 11 is 0. The van der Waals surface area contributed by atoms with Gasteiger partial charge in [-0.15, -0.1) is 0 Å². The largest absolute Gasteiger partial charge is 0.493 e. The van der Waals surface area contributed by atoms with Gasteiger partial charge in [0.1, 0.15) is 11.6 Å². The molecular formula is C16H16BF2NO2. The van der Waals surface area contributed by atoms with E-state index in [-0.39, 0.29) is 16.5 Å². The number of pyridine rings is 1. The third-order valence-corrected chi connectivity index (χ3v) is 3.57. The molecule has 3 rings (SSSR count). The number of halogens is 2. The normalized spacial score (nSPS) is 17.5.